The summed E-state index contributed by atoms with van der Waals surface area (Å²) in [5, 5.41) is 6.61. The molecule has 3 unspecified atom stereocenters. The largest absolute Gasteiger partial charge is 0.349 e. The number of hydrogen-bond donors (Lipinski definition) is 3. The van der Waals surface area contributed by atoms with Crippen LogP contribution in [0.15, 0.2) is 42.6 Å². The van der Waals surface area contributed by atoms with Gasteiger partial charge in [0.25, 0.3) is 0 Å². The van der Waals surface area contributed by atoms with E-state index in [2.05, 4.69) is 20.6 Å². The summed E-state index contributed by atoms with van der Waals surface area (Å²) in [4.78, 5) is 48.0. The van der Waals surface area contributed by atoms with Crippen LogP contribution in [0.25, 0.3) is 16.6 Å². The molecule has 1 saturated carbocycles. The first-order chi connectivity index (χ1) is 18.8. The summed E-state index contributed by atoms with van der Waals surface area (Å²) in [5.74, 6) is -2.43. The Morgan fingerprint density at radius 2 is 1.92 bits per heavy atom. The van der Waals surface area contributed by atoms with E-state index in [1.165, 1.54) is 6.07 Å². The molecule has 4 heterocycles. The number of hydrogen-bond acceptors (Lipinski definition) is 4. The summed E-state index contributed by atoms with van der Waals surface area (Å²) >= 11 is 0. The first kappa shape index (κ1) is 25.2. The van der Waals surface area contributed by atoms with Crippen LogP contribution in [0.1, 0.15) is 49.8 Å². The number of carbonyl (C=O) groups excluding carboxylic acids is 3. The minimum Gasteiger partial charge on any atom is -0.349 e. The van der Waals surface area contributed by atoms with Gasteiger partial charge in [0.1, 0.15) is 29.0 Å². The smallest absolute Gasteiger partial charge is 0.235 e. The summed E-state index contributed by atoms with van der Waals surface area (Å²) in [7, 11) is 0. The van der Waals surface area contributed by atoms with Gasteiger partial charge >= 0.3 is 0 Å². The first-order valence-electron chi connectivity index (χ1n) is 13.3. The number of nitrogens with one attached hydrogen (secondary N) is 3. The fourth-order valence-corrected chi connectivity index (χ4v) is 5.67. The van der Waals surface area contributed by atoms with Crippen molar-refractivity contribution in [2.24, 2.45) is 17.8 Å². The van der Waals surface area contributed by atoms with Crippen molar-refractivity contribution in [2.45, 2.75) is 38.6 Å². The van der Waals surface area contributed by atoms with Gasteiger partial charge in [-0.25, -0.2) is 13.8 Å². The number of fused-ring (bicyclic) bond motifs is 1. The van der Waals surface area contributed by atoms with Crippen LogP contribution in [0.4, 0.5) is 14.6 Å². The predicted octanol–water partition coefficient (Wildman–Crippen LogP) is 4.32. The molecule has 0 bridgehead atoms. The molecular weight excluding hydrogens is 504 g/mol. The molecule has 8 nitrogen and oxygen atoms in total. The number of piperidine rings is 1. The second-order valence-corrected chi connectivity index (χ2v) is 10.7. The van der Waals surface area contributed by atoms with E-state index in [9.17, 15) is 23.2 Å². The zero-order valence-corrected chi connectivity index (χ0v) is 21.5. The monoisotopic (exact) mass is 533 g/mol. The van der Waals surface area contributed by atoms with Crippen LogP contribution >= 0.6 is 0 Å². The predicted molar refractivity (Wildman–Crippen MR) is 141 cm³/mol. The van der Waals surface area contributed by atoms with Crippen molar-refractivity contribution in [3.05, 3.63) is 65.4 Å². The van der Waals surface area contributed by atoms with Crippen LogP contribution in [0.2, 0.25) is 0 Å². The minimum absolute atomic E-state index is 0.0167. The highest BCUT2D eigenvalue weighted by atomic mass is 19.1. The number of H-pyrrole nitrogens is 1. The molecule has 2 fully saturated rings. The van der Waals surface area contributed by atoms with E-state index in [0.717, 1.165) is 41.5 Å². The fourth-order valence-electron chi connectivity index (χ4n) is 5.67. The maximum Gasteiger partial charge on any atom is 0.235 e. The van der Waals surface area contributed by atoms with Gasteiger partial charge in [0.15, 0.2) is 0 Å². The SMILES string of the molecule is CC1CN(C(=O)C2CCC(c3ccc(F)cc3F)NC2=O)CC=C1c1cc(NC(=O)C2CC2)nc2[nH]ccc12. The molecule has 39 heavy (non-hydrogen) atoms. The van der Waals surface area contributed by atoms with E-state index < -0.39 is 29.5 Å². The third-order valence-corrected chi connectivity index (χ3v) is 7.92. The van der Waals surface area contributed by atoms with Gasteiger partial charge in [-0.3, -0.25) is 14.4 Å². The molecule has 3 aliphatic rings. The number of aromatic amines is 1. The Labute approximate surface area is 223 Å². The number of carbonyl (C=O) groups is 3. The Morgan fingerprint density at radius 3 is 2.64 bits per heavy atom. The van der Waals surface area contributed by atoms with E-state index >= 15 is 0 Å². The molecule has 202 valence electrons. The molecule has 0 spiro atoms. The highest BCUT2D eigenvalue weighted by Gasteiger charge is 2.38. The molecule has 3 aromatic rings. The van der Waals surface area contributed by atoms with Gasteiger partial charge in [-0.2, -0.15) is 0 Å². The average molecular weight is 534 g/mol. The standard InChI is InChI=1S/C29H29F2N5O3/c1-15-14-36(29(39)21-6-7-24(33-28(21)38)20-5-4-17(30)12-23(20)31)11-9-18(15)22-13-25(35-27(37)16-2-3-16)34-26-19(22)8-10-32-26/h4-5,8-10,12-13,15-16,21,24H,2-3,6-7,11,14H2,1H3,(H,33,38)(H2,32,34,35,37). The lowest BCUT2D eigenvalue weighted by Crippen LogP contribution is -2.49. The lowest BCUT2D eigenvalue weighted by atomic mass is 9.86. The normalized spacial score (nSPS) is 23.4. The van der Waals surface area contributed by atoms with E-state index in [1.54, 1.807) is 4.90 Å². The Balaban J connectivity index is 1.17. The van der Waals surface area contributed by atoms with E-state index in [0.29, 0.717) is 31.0 Å². The van der Waals surface area contributed by atoms with Gasteiger partial charge in [-0.05, 0) is 60.9 Å². The van der Waals surface area contributed by atoms with Gasteiger partial charge in [0.2, 0.25) is 17.7 Å². The molecule has 0 radical (unpaired) electrons. The number of anilines is 1. The molecule has 10 heteroatoms. The van der Waals surface area contributed by atoms with Crippen molar-refractivity contribution in [3.8, 4) is 0 Å². The van der Waals surface area contributed by atoms with Gasteiger partial charge in [0, 0.05) is 42.2 Å². The zero-order valence-electron chi connectivity index (χ0n) is 21.5. The molecule has 1 aromatic carbocycles. The lowest BCUT2D eigenvalue weighted by Gasteiger charge is -2.36. The maximum atomic E-state index is 14.2. The van der Waals surface area contributed by atoms with E-state index in [-0.39, 0.29) is 35.6 Å². The average Bonchev–Trinajstić information content (AvgIpc) is 3.65. The lowest BCUT2D eigenvalue weighted by molar-refractivity contribution is -0.144. The number of amides is 3. The van der Waals surface area contributed by atoms with Gasteiger partial charge in [-0.15, -0.1) is 0 Å². The van der Waals surface area contributed by atoms with Gasteiger partial charge in [-0.1, -0.05) is 19.1 Å². The number of benzene rings is 1. The minimum atomic E-state index is -0.853. The fraction of sp³-hybridized carbons (Fsp3) is 0.379. The second-order valence-electron chi connectivity index (χ2n) is 10.7. The highest BCUT2D eigenvalue weighted by molar-refractivity contribution is 6.02. The van der Waals surface area contributed by atoms with E-state index in [4.69, 9.17) is 0 Å². The number of rotatable bonds is 5. The summed E-state index contributed by atoms with van der Waals surface area (Å²) in [6.45, 7) is 2.81. The Morgan fingerprint density at radius 1 is 1.10 bits per heavy atom. The summed E-state index contributed by atoms with van der Waals surface area (Å²) < 4.78 is 27.5. The molecule has 3 amide bonds. The molecule has 2 aliphatic heterocycles. The van der Waals surface area contributed by atoms with Crippen molar-refractivity contribution in [2.75, 3.05) is 18.4 Å². The molecule has 3 atom stereocenters. The van der Waals surface area contributed by atoms with Crippen LogP contribution < -0.4 is 10.6 Å². The molecule has 1 aliphatic carbocycles. The number of aromatic nitrogens is 2. The third-order valence-electron chi connectivity index (χ3n) is 7.92. The van der Waals surface area contributed by atoms with Crippen LogP contribution in [0.5, 0.6) is 0 Å². The van der Waals surface area contributed by atoms with Gasteiger partial charge in [0.05, 0.1) is 6.04 Å². The topological polar surface area (TPSA) is 107 Å². The summed E-state index contributed by atoms with van der Waals surface area (Å²) in [5.41, 5.74) is 2.89. The third kappa shape index (κ3) is 4.91. The van der Waals surface area contributed by atoms with Crippen LogP contribution in [-0.4, -0.2) is 45.7 Å². The quantitative estimate of drug-likeness (QED) is 0.425. The van der Waals surface area contributed by atoms with Crippen molar-refractivity contribution < 1.29 is 23.2 Å². The second kappa shape index (κ2) is 9.91. The van der Waals surface area contributed by atoms with Crippen LogP contribution in [0.3, 0.4) is 0 Å². The van der Waals surface area contributed by atoms with Crippen molar-refractivity contribution in [1.82, 2.24) is 20.2 Å². The first-order valence-corrected chi connectivity index (χ1v) is 13.3. The van der Waals surface area contributed by atoms with E-state index in [1.807, 2.05) is 31.3 Å². The number of pyridine rings is 1. The summed E-state index contributed by atoms with van der Waals surface area (Å²) in [6.07, 6.45) is 6.28. The number of halogens is 2. The molecule has 6 rings (SSSR count). The molecule has 2 aromatic heterocycles. The molecular formula is C29H29F2N5O3. The Bertz CT molecular complexity index is 1510. The Kier molecular flexibility index (Phi) is 6.40. The van der Waals surface area contributed by atoms with Crippen LogP contribution in [0, 0.1) is 29.4 Å². The zero-order chi connectivity index (χ0) is 27.3. The van der Waals surface area contributed by atoms with Crippen molar-refractivity contribution >= 4 is 40.1 Å². The van der Waals surface area contributed by atoms with Gasteiger partial charge < -0.3 is 20.5 Å². The Hall–Kier alpha value is -4.08. The molecule has 3 N–H and O–H groups in total. The highest BCUT2D eigenvalue weighted by Crippen LogP contribution is 2.36. The molecule has 1 saturated heterocycles. The maximum absolute atomic E-state index is 14.2. The summed E-state index contributed by atoms with van der Waals surface area (Å²) in [6, 6.07) is 6.53. The van der Waals surface area contributed by atoms with Crippen molar-refractivity contribution in [1.29, 1.82) is 0 Å². The number of nitrogens with zero attached hydrogens (tertiary/aromatic N) is 2. The van der Waals surface area contributed by atoms with Crippen molar-refractivity contribution in [3.63, 3.8) is 0 Å². The van der Waals surface area contributed by atoms with Crippen LogP contribution in [-0.2, 0) is 14.4 Å².